The zero-order valence-corrected chi connectivity index (χ0v) is 10.2. The molecule has 0 amide bonds. The van der Waals surface area contributed by atoms with Crippen LogP contribution in [0.25, 0.3) is 0 Å². The van der Waals surface area contributed by atoms with Crippen molar-refractivity contribution in [1.82, 2.24) is 0 Å². The van der Waals surface area contributed by atoms with Gasteiger partial charge in [-0.15, -0.1) is 0 Å². The predicted molar refractivity (Wildman–Crippen MR) is 66.9 cm³/mol. The molecule has 0 fully saturated rings. The summed E-state index contributed by atoms with van der Waals surface area (Å²) in [5.74, 6) is 1.63. The highest BCUT2D eigenvalue weighted by molar-refractivity contribution is 5.46. The van der Waals surface area contributed by atoms with Crippen molar-refractivity contribution in [3.05, 3.63) is 24.3 Å². The van der Waals surface area contributed by atoms with E-state index in [-0.39, 0.29) is 6.61 Å². The summed E-state index contributed by atoms with van der Waals surface area (Å²) in [6.07, 6.45) is 0. The summed E-state index contributed by atoms with van der Waals surface area (Å²) in [5, 5.41) is 12.5. The lowest BCUT2D eigenvalue weighted by Gasteiger charge is -2.19. The molecule has 0 heterocycles. The van der Waals surface area contributed by atoms with Gasteiger partial charge in [0.2, 0.25) is 0 Å². The summed E-state index contributed by atoms with van der Waals surface area (Å²) < 4.78 is 5.09. The van der Waals surface area contributed by atoms with Crippen molar-refractivity contribution >= 4 is 5.69 Å². The van der Waals surface area contributed by atoms with Crippen LogP contribution in [0.2, 0.25) is 0 Å². The molecule has 1 atom stereocenters. The Morgan fingerprint density at radius 3 is 2.31 bits per heavy atom. The van der Waals surface area contributed by atoms with E-state index in [4.69, 9.17) is 4.74 Å². The Kier molecular flexibility index (Phi) is 5.12. The van der Waals surface area contributed by atoms with Crippen LogP contribution >= 0.6 is 0 Å². The van der Waals surface area contributed by atoms with Crippen LogP contribution in [0.3, 0.4) is 0 Å². The Hall–Kier alpha value is -1.22. The lowest BCUT2D eigenvalue weighted by Crippen LogP contribution is -2.22. The van der Waals surface area contributed by atoms with Crippen LogP contribution in [0.4, 0.5) is 5.69 Å². The second-order valence-corrected chi connectivity index (χ2v) is 4.30. The van der Waals surface area contributed by atoms with Gasteiger partial charge in [0.25, 0.3) is 0 Å². The largest absolute Gasteiger partial charge is 0.497 e. The molecule has 3 heteroatoms. The molecule has 0 aromatic heterocycles. The summed E-state index contributed by atoms with van der Waals surface area (Å²) >= 11 is 0. The van der Waals surface area contributed by atoms with Crippen molar-refractivity contribution in [2.24, 2.45) is 11.8 Å². The van der Waals surface area contributed by atoms with E-state index in [1.54, 1.807) is 7.11 Å². The molecule has 3 nitrogen and oxygen atoms in total. The van der Waals surface area contributed by atoms with E-state index in [1.165, 1.54) is 0 Å². The number of hydrogen-bond acceptors (Lipinski definition) is 3. The maximum Gasteiger partial charge on any atom is 0.119 e. The molecule has 1 aromatic rings. The highest BCUT2D eigenvalue weighted by Gasteiger charge is 2.11. The number of aliphatic hydroxyl groups excluding tert-OH is 1. The van der Waals surface area contributed by atoms with E-state index in [9.17, 15) is 5.11 Å². The van der Waals surface area contributed by atoms with E-state index < -0.39 is 0 Å². The zero-order chi connectivity index (χ0) is 12.0. The highest BCUT2D eigenvalue weighted by atomic mass is 16.5. The Morgan fingerprint density at radius 2 is 1.88 bits per heavy atom. The molecule has 0 aliphatic heterocycles. The molecule has 0 bridgehead atoms. The third-order valence-electron chi connectivity index (χ3n) is 2.84. The van der Waals surface area contributed by atoms with E-state index in [0.717, 1.165) is 18.0 Å². The monoisotopic (exact) mass is 223 g/mol. The maximum atomic E-state index is 9.20. The van der Waals surface area contributed by atoms with Crippen LogP contribution in [0, 0.1) is 11.8 Å². The van der Waals surface area contributed by atoms with Gasteiger partial charge in [-0.25, -0.2) is 0 Å². The minimum atomic E-state index is 0.223. The quantitative estimate of drug-likeness (QED) is 0.778. The molecule has 0 aliphatic rings. The second kappa shape index (κ2) is 6.38. The fourth-order valence-electron chi connectivity index (χ4n) is 1.47. The Morgan fingerprint density at radius 1 is 1.25 bits per heavy atom. The van der Waals surface area contributed by atoms with Gasteiger partial charge < -0.3 is 15.2 Å². The zero-order valence-electron chi connectivity index (χ0n) is 10.2. The van der Waals surface area contributed by atoms with Crippen LogP contribution in [0.5, 0.6) is 5.75 Å². The normalized spacial score (nSPS) is 12.6. The molecule has 0 radical (unpaired) electrons. The van der Waals surface area contributed by atoms with Crippen molar-refractivity contribution in [3.63, 3.8) is 0 Å². The molecular weight excluding hydrogens is 202 g/mol. The standard InChI is InChI=1S/C13H21NO2/c1-10(2)11(9-15)8-14-12-4-6-13(16-3)7-5-12/h4-7,10-11,14-15H,8-9H2,1-3H3. The highest BCUT2D eigenvalue weighted by Crippen LogP contribution is 2.16. The Balaban J connectivity index is 2.47. The number of hydrogen-bond donors (Lipinski definition) is 2. The van der Waals surface area contributed by atoms with Gasteiger partial charge in [0.15, 0.2) is 0 Å². The SMILES string of the molecule is COc1ccc(NCC(CO)C(C)C)cc1. The number of ether oxygens (including phenoxy) is 1. The average molecular weight is 223 g/mol. The first kappa shape index (κ1) is 12.8. The van der Waals surface area contributed by atoms with E-state index in [1.807, 2.05) is 24.3 Å². The Labute approximate surface area is 97.4 Å². The van der Waals surface area contributed by atoms with Crippen LogP contribution in [-0.2, 0) is 0 Å². The van der Waals surface area contributed by atoms with Crippen LogP contribution in [-0.4, -0.2) is 25.4 Å². The molecule has 0 saturated carbocycles. The summed E-state index contributed by atoms with van der Waals surface area (Å²) in [6, 6.07) is 7.80. The average Bonchev–Trinajstić information content (AvgIpc) is 2.30. The minimum Gasteiger partial charge on any atom is -0.497 e. The van der Waals surface area contributed by atoms with Gasteiger partial charge >= 0.3 is 0 Å². The van der Waals surface area contributed by atoms with Crippen LogP contribution < -0.4 is 10.1 Å². The van der Waals surface area contributed by atoms with Gasteiger partial charge in [0.05, 0.1) is 7.11 Å². The van der Waals surface area contributed by atoms with Gasteiger partial charge in [-0.05, 0) is 30.2 Å². The topological polar surface area (TPSA) is 41.5 Å². The first-order valence-electron chi connectivity index (χ1n) is 5.66. The molecule has 0 aliphatic carbocycles. The third kappa shape index (κ3) is 3.74. The van der Waals surface area contributed by atoms with Crippen LogP contribution in [0.15, 0.2) is 24.3 Å². The molecule has 90 valence electrons. The van der Waals surface area contributed by atoms with Crippen molar-refractivity contribution in [2.75, 3.05) is 25.6 Å². The Bertz CT molecular complexity index is 295. The van der Waals surface area contributed by atoms with Gasteiger partial charge in [-0.3, -0.25) is 0 Å². The fraction of sp³-hybridized carbons (Fsp3) is 0.538. The number of rotatable bonds is 6. The predicted octanol–water partition coefficient (Wildman–Crippen LogP) is 2.37. The molecule has 2 N–H and O–H groups in total. The summed E-state index contributed by atoms with van der Waals surface area (Å²) in [5.41, 5.74) is 1.06. The molecule has 0 saturated heterocycles. The first-order chi connectivity index (χ1) is 7.67. The van der Waals surface area contributed by atoms with Crippen molar-refractivity contribution in [2.45, 2.75) is 13.8 Å². The van der Waals surface area contributed by atoms with Gasteiger partial charge in [-0.1, -0.05) is 13.8 Å². The van der Waals surface area contributed by atoms with Gasteiger partial charge in [0.1, 0.15) is 5.75 Å². The number of benzene rings is 1. The lowest BCUT2D eigenvalue weighted by atomic mass is 9.97. The van der Waals surface area contributed by atoms with Gasteiger partial charge in [-0.2, -0.15) is 0 Å². The molecule has 1 aromatic carbocycles. The van der Waals surface area contributed by atoms with Crippen molar-refractivity contribution in [1.29, 1.82) is 0 Å². The lowest BCUT2D eigenvalue weighted by molar-refractivity contribution is 0.198. The number of methoxy groups -OCH3 is 1. The number of anilines is 1. The summed E-state index contributed by atoms with van der Waals surface area (Å²) in [6.45, 7) is 5.26. The van der Waals surface area contributed by atoms with E-state index in [0.29, 0.717) is 11.8 Å². The minimum absolute atomic E-state index is 0.223. The maximum absolute atomic E-state index is 9.20. The fourth-order valence-corrected chi connectivity index (χ4v) is 1.47. The molecule has 16 heavy (non-hydrogen) atoms. The number of aliphatic hydroxyl groups is 1. The summed E-state index contributed by atoms with van der Waals surface area (Å²) in [4.78, 5) is 0. The molecule has 0 spiro atoms. The molecule has 1 unspecified atom stereocenters. The van der Waals surface area contributed by atoms with Gasteiger partial charge in [0, 0.05) is 24.8 Å². The molecule has 1 rings (SSSR count). The van der Waals surface area contributed by atoms with Crippen molar-refractivity contribution in [3.8, 4) is 5.75 Å². The van der Waals surface area contributed by atoms with E-state index in [2.05, 4.69) is 19.2 Å². The third-order valence-corrected chi connectivity index (χ3v) is 2.84. The first-order valence-corrected chi connectivity index (χ1v) is 5.66. The summed E-state index contributed by atoms with van der Waals surface area (Å²) in [7, 11) is 1.66. The second-order valence-electron chi connectivity index (χ2n) is 4.30. The smallest absolute Gasteiger partial charge is 0.119 e. The van der Waals surface area contributed by atoms with Crippen molar-refractivity contribution < 1.29 is 9.84 Å². The van der Waals surface area contributed by atoms with E-state index >= 15 is 0 Å². The number of nitrogens with one attached hydrogen (secondary N) is 1. The van der Waals surface area contributed by atoms with Crippen LogP contribution in [0.1, 0.15) is 13.8 Å². The molecular formula is C13H21NO2.